The monoisotopic (exact) mass is 369 g/mol. The van der Waals surface area contributed by atoms with Gasteiger partial charge in [0.15, 0.2) is 0 Å². The molecule has 2 aromatic rings. The van der Waals surface area contributed by atoms with Crippen LogP contribution in [0, 0.1) is 6.92 Å². The van der Waals surface area contributed by atoms with E-state index in [1.54, 1.807) is 0 Å². The zero-order valence-electron chi connectivity index (χ0n) is 12.7. The van der Waals surface area contributed by atoms with Gasteiger partial charge in [0.05, 0.1) is 16.4 Å². The first-order valence-electron chi connectivity index (χ1n) is 7.24. The molecule has 0 saturated heterocycles. The molecule has 0 saturated carbocycles. The summed E-state index contributed by atoms with van der Waals surface area (Å²) in [6.45, 7) is 7.00. The molecule has 0 amide bonds. The van der Waals surface area contributed by atoms with Gasteiger partial charge >= 0.3 is 0 Å². The summed E-state index contributed by atoms with van der Waals surface area (Å²) in [5.41, 5.74) is 10.7. The van der Waals surface area contributed by atoms with Crippen LogP contribution in [0.3, 0.4) is 0 Å². The first kappa shape index (κ1) is 16.5. The molecule has 2 N–H and O–H groups in total. The van der Waals surface area contributed by atoms with Crippen LogP contribution in [0.2, 0.25) is 5.02 Å². The Balaban J connectivity index is 2.33. The second-order valence-electron chi connectivity index (χ2n) is 5.17. The van der Waals surface area contributed by atoms with E-state index in [0.717, 1.165) is 39.4 Å². The molecule has 0 radical (unpaired) electrons. The van der Waals surface area contributed by atoms with Crippen LogP contribution in [-0.4, -0.2) is 9.78 Å². The first-order valence-corrected chi connectivity index (χ1v) is 8.41. The van der Waals surface area contributed by atoms with Gasteiger partial charge in [0.1, 0.15) is 0 Å². The van der Waals surface area contributed by atoms with Crippen LogP contribution >= 0.6 is 27.5 Å². The summed E-state index contributed by atoms with van der Waals surface area (Å²) in [5.74, 6) is 0. The van der Waals surface area contributed by atoms with Crippen molar-refractivity contribution in [2.45, 2.75) is 46.2 Å². The van der Waals surface area contributed by atoms with E-state index in [0.29, 0.717) is 6.42 Å². The number of rotatable bonds is 5. The fraction of sp³-hybridized carbons (Fsp3) is 0.438. The van der Waals surface area contributed by atoms with Crippen molar-refractivity contribution in [3.05, 3.63) is 50.2 Å². The Kier molecular flexibility index (Phi) is 5.47. The summed E-state index contributed by atoms with van der Waals surface area (Å²) >= 11 is 10.1. The van der Waals surface area contributed by atoms with Gasteiger partial charge in [-0.3, -0.25) is 4.68 Å². The third-order valence-corrected chi connectivity index (χ3v) is 5.25. The SMILES string of the molecule is CCc1nn(CC)c(CC(N)c2cccc(C)c2Br)c1Cl. The number of benzene rings is 1. The van der Waals surface area contributed by atoms with Gasteiger partial charge in [0, 0.05) is 23.5 Å². The minimum atomic E-state index is -0.108. The lowest BCUT2D eigenvalue weighted by Gasteiger charge is -2.16. The maximum Gasteiger partial charge on any atom is 0.0850 e. The molecule has 0 aliphatic carbocycles. The summed E-state index contributed by atoms with van der Waals surface area (Å²) in [4.78, 5) is 0. The second kappa shape index (κ2) is 6.95. The number of aromatic nitrogens is 2. The average Bonchev–Trinajstić information content (AvgIpc) is 2.78. The topological polar surface area (TPSA) is 43.8 Å². The standard InChI is InChI=1S/C16H21BrClN3/c1-4-13-16(18)14(21(5-2)20-13)9-12(19)11-8-6-7-10(3)15(11)17/h6-8,12H,4-5,9,19H2,1-3H3. The van der Waals surface area contributed by atoms with Crippen LogP contribution in [0.1, 0.15) is 42.4 Å². The van der Waals surface area contributed by atoms with E-state index in [2.05, 4.69) is 53.9 Å². The van der Waals surface area contributed by atoms with Crippen LogP contribution in [0.5, 0.6) is 0 Å². The highest BCUT2D eigenvalue weighted by Gasteiger charge is 2.19. The van der Waals surface area contributed by atoms with Crippen molar-refractivity contribution in [3.63, 3.8) is 0 Å². The molecule has 21 heavy (non-hydrogen) atoms. The molecule has 1 unspecified atom stereocenters. The van der Waals surface area contributed by atoms with E-state index in [9.17, 15) is 0 Å². The molecule has 0 fully saturated rings. The Morgan fingerprint density at radius 3 is 2.71 bits per heavy atom. The number of halogens is 2. The highest BCUT2D eigenvalue weighted by Crippen LogP contribution is 2.30. The third kappa shape index (κ3) is 3.33. The minimum Gasteiger partial charge on any atom is -0.324 e. The lowest BCUT2D eigenvalue weighted by atomic mass is 10.0. The first-order chi connectivity index (χ1) is 9.99. The summed E-state index contributed by atoms with van der Waals surface area (Å²) in [6.07, 6.45) is 1.52. The molecule has 2 rings (SSSR count). The molecular formula is C16H21BrClN3. The fourth-order valence-corrected chi connectivity index (χ4v) is 3.39. The normalized spacial score (nSPS) is 12.7. The lowest BCUT2D eigenvalue weighted by Crippen LogP contribution is -2.17. The van der Waals surface area contributed by atoms with E-state index in [4.69, 9.17) is 17.3 Å². The highest BCUT2D eigenvalue weighted by atomic mass is 79.9. The van der Waals surface area contributed by atoms with Gasteiger partial charge in [-0.25, -0.2) is 0 Å². The van der Waals surface area contributed by atoms with Crippen molar-refractivity contribution >= 4 is 27.5 Å². The molecule has 1 aromatic heterocycles. The van der Waals surface area contributed by atoms with Gasteiger partial charge in [-0.2, -0.15) is 5.10 Å². The molecule has 0 aliphatic heterocycles. The Morgan fingerprint density at radius 2 is 2.10 bits per heavy atom. The molecule has 1 heterocycles. The fourth-order valence-electron chi connectivity index (χ4n) is 2.49. The minimum absolute atomic E-state index is 0.108. The molecule has 1 aromatic carbocycles. The predicted octanol–water partition coefficient (Wildman–Crippen LogP) is 4.43. The Hall–Kier alpha value is -0.840. The number of aryl methyl sites for hydroxylation is 3. The van der Waals surface area contributed by atoms with E-state index >= 15 is 0 Å². The summed E-state index contributed by atoms with van der Waals surface area (Å²) in [5, 5.41) is 5.31. The van der Waals surface area contributed by atoms with Gasteiger partial charge in [0.25, 0.3) is 0 Å². The maximum absolute atomic E-state index is 6.46. The number of hydrogen-bond donors (Lipinski definition) is 1. The van der Waals surface area contributed by atoms with E-state index in [1.165, 1.54) is 5.56 Å². The third-order valence-electron chi connectivity index (χ3n) is 3.73. The summed E-state index contributed by atoms with van der Waals surface area (Å²) in [6, 6.07) is 6.05. The number of hydrogen-bond acceptors (Lipinski definition) is 2. The van der Waals surface area contributed by atoms with Crippen LogP contribution in [0.4, 0.5) is 0 Å². The van der Waals surface area contributed by atoms with E-state index in [1.807, 2.05) is 10.7 Å². The molecule has 1 atom stereocenters. The van der Waals surface area contributed by atoms with Gasteiger partial charge < -0.3 is 5.73 Å². The second-order valence-corrected chi connectivity index (χ2v) is 6.34. The summed E-state index contributed by atoms with van der Waals surface area (Å²) < 4.78 is 3.04. The largest absolute Gasteiger partial charge is 0.324 e. The zero-order valence-corrected chi connectivity index (χ0v) is 15.0. The van der Waals surface area contributed by atoms with Crippen molar-refractivity contribution in [2.75, 3.05) is 0 Å². The highest BCUT2D eigenvalue weighted by molar-refractivity contribution is 9.10. The van der Waals surface area contributed by atoms with Crippen LogP contribution < -0.4 is 5.73 Å². The molecule has 5 heteroatoms. The quantitative estimate of drug-likeness (QED) is 0.846. The smallest absolute Gasteiger partial charge is 0.0850 e. The van der Waals surface area contributed by atoms with Gasteiger partial charge in [-0.05, 0) is 31.4 Å². The van der Waals surface area contributed by atoms with Crippen molar-refractivity contribution < 1.29 is 0 Å². The number of nitrogens with zero attached hydrogens (tertiary/aromatic N) is 2. The Bertz CT molecular complexity index is 637. The number of nitrogens with two attached hydrogens (primary N) is 1. The van der Waals surface area contributed by atoms with Gasteiger partial charge in [0.2, 0.25) is 0 Å². The van der Waals surface area contributed by atoms with Crippen LogP contribution in [0.15, 0.2) is 22.7 Å². The molecule has 0 aliphatic rings. The average molecular weight is 371 g/mol. The van der Waals surface area contributed by atoms with Gasteiger partial charge in [-0.15, -0.1) is 0 Å². The molecule has 3 nitrogen and oxygen atoms in total. The lowest BCUT2D eigenvalue weighted by molar-refractivity contribution is 0.584. The Labute approximate surface area is 139 Å². The molecule has 0 bridgehead atoms. The van der Waals surface area contributed by atoms with Crippen LogP contribution in [-0.2, 0) is 19.4 Å². The molecule has 0 spiro atoms. The molecular weight excluding hydrogens is 350 g/mol. The predicted molar refractivity (Wildman–Crippen MR) is 91.8 cm³/mol. The van der Waals surface area contributed by atoms with Crippen molar-refractivity contribution in [3.8, 4) is 0 Å². The zero-order chi connectivity index (χ0) is 15.6. The summed E-state index contributed by atoms with van der Waals surface area (Å²) in [7, 11) is 0. The van der Waals surface area contributed by atoms with Crippen LogP contribution in [0.25, 0.3) is 0 Å². The van der Waals surface area contributed by atoms with E-state index in [-0.39, 0.29) is 6.04 Å². The Morgan fingerprint density at radius 1 is 1.38 bits per heavy atom. The van der Waals surface area contributed by atoms with Crippen molar-refractivity contribution in [1.82, 2.24) is 9.78 Å². The van der Waals surface area contributed by atoms with Crippen molar-refractivity contribution in [2.24, 2.45) is 5.73 Å². The van der Waals surface area contributed by atoms with Crippen molar-refractivity contribution in [1.29, 1.82) is 0 Å². The van der Waals surface area contributed by atoms with E-state index < -0.39 is 0 Å². The van der Waals surface area contributed by atoms with Gasteiger partial charge in [-0.1, -0.05) is 52.7 Å². The molecule has 114 valence electrons. The maximum atomic E-state index is 6.46.